The first-order valence-electron chi connectivity index (χ1n) is 9.22. The molecule has 0 heterocycles. The van der Waals surface area contributed by atoms with E-state index in [4.69, 9.17) is 4.74 Å². The molecule has 0 saturated carbocycles. The normalized spacial score (nSPS) is 12.5. The van der Waals surface area contributed by atoms with Gasteiger partial charge >= 0.3 is 12.1 Å². The number of ether oxygens (including phenoxy) is 1. The number of alkyl carbamates (subject to hydrolysis) is 1. The number of carbonyl (C=O) groups excluding carboxylic acids is 2. The first kappa shape index (κ1) is 23.4. The molecule has 0 aliphatic carbocycles. The van der Waals surface area contributed by atoms with Crippen LogP contribution in [0, 0.1) is 0 Å². The largest absolute Gasteiger partial charge is 0.480 e. The van der Waals surface area contributed by atoms with Gasteiger partial charge in [-0.2, -0.15) is 0 Å². The molecule has 0 aliphatic heterocycles. The smallest absolute Gasteiger partial charge is 0.407 e. The monoisotopic (exact) mass is 478 g/mol. The van der Waals surface area contributed by atoms with E-state index in [1.807, 2.05) is 24.3 Å². The highest BCUT2D eigenvalue weighted by Gasteiger charge is 2.22. The summed E-state index contributed by atoms with van der Waals surface area (Å²) in [5, 5.41) is 24.1. The summed E-state index contributed by atoms with van der Waals surface area (Å²) < 4.78 is 5.81. The van der Waals surface area contributed by atoms with Crippen LogP contribution in [0.15, 0.2) is 59.1 Å². The third kappa shape index (κ3) is 8.62. The molecule has 0 aliphatic rings. The first-order valence-corrected chi connectivity index (χ1v) is 10.0. The minimum Gasteiger partial charge on any atom is -0.480 e. The molecule has 2 rings (SSSR count). The maximum Gasteiger partial charge on any atom is 0.407 e. The molecule has 0 saturated heterocycles. The Labute approximate surface area is 182 Å². The van der Waals surface area contributed by atoms with Crippen LogP contribution >= 0.6 is 15.9 Å². The van der Waals surface area contributed by atoms with Gasteiger partial charge in [0.25, 0.3) is 0 Å². The van der Waals surface area contributed by atoms with Gasteiger partial charge in [0.15, 0.2) is 0 Å². The number of rotatable bonds is 10. The minimum absolute atomic E-state index is 0.0825. The Morgan fingerprint density at radius 2 is 1.73 bits per heavy atom. The third-order valence-electron chi connectivity index (χ3n) is 4.08. The number of benzene rings is 2. The Hall–Kier alpha value is -2.91. The Bertz CT molecular complexity index is 862. The molecular weight excluding hydrogens is 456 g/mol. The van der Waals surface area contributed by atoms with Crippen molar-refractivity contribution in [3.8, 4) is 0 Å². The van der Waals surface area contributed by atoms with Crippen LogP contribution in [0.4, 0.5) is 4.79 Å². The summed E-state index contributed by atoms with van der Waals surface area (Å²) in [6, 6.07) is 15.1. The van der Waals surface area contributed by atoms with E-state index >= 15 is 0 Å². The zero-order valence-corrected chi connectivity index (χ0v) is 17.7. The fraction of sp³-hybridized carbons (Fsp3) is 0.286. The summed E-state index contributed by atoms with van der Waals surface area (Å²) in [5.41, 5.74) is 1.55. The lowest BCUT2D eigenvalue weighted by Gasteiger charge is -2.17. The number of hydrogen-bond acceptors (Lipinski definition) is 5. The summed E-state index contributed by atoms with van der Waals surface area (Å²) >= 11 is 3.31. The van der Waals surface area contributed by atoms with E-state index < -0.39 is 30.1 Å². The topological polar surface area (TPSA) is 125 Å². The highest BCUT2D eigenvalue weighted by atomic mass is 79.9. The van der Waals surface area contributed by atoms with Crippen molar-refractivity contribution in [2.45, 2.75) is 31.6 Å². The molecule has 0 spiro atoms. The third-order valence-corrected chi connectivity index (χ3v) is 4.57. The van der Waals surface area contributed by atoms with Gasteiger partial charge in [-0.3, -0.25) is 4.79 Å². The van der Waals surface area contributed by atoms with Gasteiger partial charge in [-0.05, 0) is 23.3 Å². The van der Waals surface area contributed by atoms with E-state index in [-0.39, 0.29) is 26.0 Å². The van der Waals surface area contributed by atoms with Crippen LogP contribution in [0.5, 0.6) is 0 Å². The number of hydrogen-bond donors (Lipinski definition) is 4. The highest BCUT2D eigenvalue weighted by Crippen LogP contribution is 2.13. The number of carboxylic acids is 1. The van der Waals surface area contributed by atoms with Crippen molar-refractivity contribution in [2.24, 2.45) is 0 Å². The number of amides is 2. The van der Waals surface area contributed by atoms with Crippen LogP contribution in [0.3, 0.4) is 0 Å². The van der Waals surface area contributed by atoms with Crippen molar-refractivity contribution in [1.29, 1.82) is 0 Å². The number of carboxylic acid groups (broad SMARTS) is 1. The van der Waals surface area contributed by atoms with Crippen LogP contribution in [-0.2, 0) is 27.4 Å². The summed E-state index contributed by atoms with van der Waals surface area (Å²) in [5.74, 6) is -1.82. The van der Waals surface area contributed by atoms with Crippen molar-refractivity contribution in [3.63, 3.8) is 0 Å². The van der Waals surface area contributed by atoms with Crippen molar-refractivity contribution in [2.75, 3.05) is 6.54 Å². The van der Waals surface area contributed by atoms with Crippen LogP contribution in [0.25, 0.3) is 0 Å². The molecule has 2 atom stereocenters. The lowest BCUT2D eigenvalue weighted by atomic mass is 10.1. The van der Waals surface area contributed by atoms with Crippen LogP contribution in [-0.4, -0.2) is 46.9 Å². The molecule has 0 bridgehead atoms. The number of halogens is 1. The molecule has 160 valence electrons. The molecule has 9 heteroatoms. The quantitative estimate of drug-likeness (QED) is 0.414. The van der Waals surface area contributed by atoms with Gasteiger partial charge in [0.1, 0.15) is 12.6 Å². The molecule has 2 aromatic rings. The van der Waals surface area contributed by atoms with Crippen molar-refractivity contribution >= 4 is 33.9 Å². The SMILES string of the molecule is O=C(C[C@@H](O)CNC(=O)OCc1ccccc1)N[C@H](Cc1cccc(Br)c1)C(=O)O. The van der Waals surface area contributed by atoms with Gasteiger partial charge in [0.05, 0.1) is 12.5 Å². The van der Waals surface area contributed by atoms with E-state index in [9.17, 15) is 24.6 Å². The number of aliphatic hydroxyl groups is 1. The molecule has 30 heavy (non-hydrogen) atoms. The van der Waals surface area contributed by atoms with E-state index in [0.717, 1.165) is 15.6 Å². The van der Waals surface area contributed by atoms with Gasteiger partial charge < -0.3 is 25.6 Å². The second kappa shape index (κ2) is 11.9. The first-order chi connectivity index (χ1) is 14.3. The number of nitrogens with one attached hydrogen (secondary N) is 2. The molecule has 8 nitrogen and oxygen atoms in total. The number of aliphatic hydroxyl groups excluding tert-OH is 1. The van der Waals surface area contributed by atoms with Gasteiger partial charge in [-0.15, -0.1) is 0 Å². The van der Waals surface area contributed by atoms with Crippen molar-refractivity contribution in [3.05, 3.63) is 70.2 Å². The van der Waals surface area contributed by atoms with E-state index in [0.29, 0.717) is 0 Å². The summed E-state index contributed by atoms with van der Waals surface area (Å²) in [7, 11) is 0. The second-order valence-electron chi connectivity index (χ2n) is 6.59. The standard InChI is InChI=1S/C21H23BrN2O6/c22-16-8-4-7-15(9-16)10-18(20(27)28)24-19(26)11-17(25)12-23-21(29)30-13-14-5-2-1-3-6-14/h1-9,17-18,25H,10-13H2,(H,23,29)(H,24,26)(H,27,28)/t17-,18-/m1/s1. The Balaban J connectivity index is 1.73. The average Bonchev–Trinajstić information content (AvgIpc) is 2.71. The predicted molar refractivity (Wildman–Crippen MR) is 113 cm³/mol. The molecule has 0 aromatic heterocycles. The Morgan fingerprint density at radius 3 is 2.40 bits per heavy atom. The Morgan fingerprint density at radius 1 is 1.03 bits per heavy atom. The summed E-state index contributed by atoms with van der Waals surface area (Å²) in [6.07, 6.45) is -2.17. The predicted octanol–water partition coefficient (Wildman–Crippen LogP) is 2.24. The lowest BCUT2D eigenvalue weighted by Crippen LogP contribution is -2.44. The fourth-order valence-corrected chi connectivity index (χ4v) is 3.06. The van der Waals surface area contributed by atoms with Gasteiger partial charge in [0.2, 0.25) is 5.91 Å². The molecule has 4 N–H and O–H groups in total. The summed E-state index contributed by atoms with van der Waals surface area (Å²) in [4.78, 5) is 35.2. The minimum atomic E-state index is -1.19. The van der Waals surface area contributed by atoms with Crippen LogP contribution < -0.4 is 10.6 Å². The fourth-order valence-electron chi connectivity index (χ4n) is 2.61. The lowest BCUT2D eigenvalue weighted by molar-refractivity contribution is -0.142. The van der Waals surface area contributed by atoms with E-state index in [2.05, 4.69) is 26.6 Å². The van der Waals surface area contributed by atoms with Gasteiger partial charge in [-0.25, -0.2) is 9.59 Å². The molecular formula is C21H23BrN2O6. The molecule has 0 radical (unpaired) electrons. The van der Waals surface area contributed by atoms with E-state index in [1.165, 1.54) is 0 Å². The zero-order chi connectivity index (χ0) is 21.9. The maximum absolute atomic E-state index is 12.1. The second-order valence-corrected chi connectivity index (χ2v) is 7.51. The molecule has 0 unspecified atom stereocenters. The van der Waals surface area contributed by atoms with Crippen molar-refractivity contribution in [1.82, 2.24) is 10.6 Å². The highest BCUT2D eigenvalue weighted by molar-refractivity contribution is 9.10. The van der Waals surface area contributed by atoms with Crippen LogP contribution in [0.2, 0.25) is 0 Å². The molecule has 2 aromatic carbocycles. The van der Waals surface area contributed by atoms with Crippen LogP contribution in [0.1, 0.15) is 17.5 Å². The van der Waals surface area contributed by atoms with E-state index in [1.54, 1.807) is 30.3 Å². The summed E-state index contributed by atoms with van der Waals surface area (Å²) in [6.45, 7) is -0.121. The average molecular weight is 479 g/mol. The number of carbonyl (C=O) groups is 3. The van der Waals surface area contributed by atoms with Gasteiger partial charge in [0, 0.05) is 17.4 Å². The molecule has 2 amide bonds. The molecule has 0 fully saturated rings. The van der Waals surface area contributed by atoms with Gasteiger partial charge in [-0.1, -0.05) is 58.4 Å². The van der Waals surface area contributed by atoms with Crippen molar-refractivity contribution < 1.29 is 29.3 Å². The number of aliphatic carboxylic acids is 1. The zero-order valence-electron chi connectivity index (χ0n) is 16.1. The Kier molecular flexibility index (Phi) is 9.30. The maximum atomic E-state index is 12.1.